The minimum Gasteiger partial charge on any atom is -0.476 e. The van der Waals surface area contributed by atoms with E-state index in [0.717, 1.165) is 10.6 Å². The summed E-state index contributed by atoms with van der Waals surface area (Å²) in [5.74, 6) is 0.412. The second-order valence-corrected chi connectivity index (χ2v) is 6.97. The molecule has 25 heavy (non-hydrogen) atoms. The van der Waals surface area contributed by atoms with Crippen LogP contribution in [0.5, 0.6) is 0 Å². The number of nitrogens with zero attached hydrogens (tertiary/aromatic N) is 3. The van der Waals surface area contributed by atoms with Crippen molar-refractivity contribution in [3.05, 3.63) is 52.8 Å². The van der Waals surface area contributed by atoms with E-state index < -0.39 is 5.97 Å². The van der Waals surface area contributed by atoms with Crippen LogP contribution in [0.15, 0.2) is 36.5 Å². The number of aromatic carboxylic acids is 1. The minimum absolute atomic E-state index is 0.0482. The van der Waals surface area contributed by atoms with E-state index in [-0.39, 0.29) is 11.6 Å². The van der Waals surface area contributed by atoms with E-state index in [9.17, 15) is 9.90 Å². The first-order valence-corrected chi connectivity index (χ1v) is 8.67. The molecule has 0 aliphatic carbocycles. The molecule has 0 aliphatic rings. The highest BCUT2D eigenvalue weighted by atomic mass is 32.1. The first kappa shape index (κ1) is 17.0. The maximum Gasteiger partial charge on any atom is 0.356 e. The SMILES string of the molecule is Cc1ccnc(Nc2cccc(-c3sc(C(C)C)nc3C(=O)O)n2)c1. The van der Waals surface area contributed by atoms with Gasteiger partial charge in [-0.1, -0.05) is 19.9 Å². The number of pyridine rings is 2. The Labute approximate surface area is 149 Å². The molecular weight excluding hydrogens is 336 g/mol. The van der Waals surface area contributed by atoms with Crippen molar-refractivity contribution in [2.75, 3.05) is 5.32 Å². The Balaban J connectivity index is 1.98. The standard InChI is InChI=1S/C18H18N4O2S/c1-10(2)17-22-15(18(23)24)16(25-17)12-5-4-6-13(20-12)21-14-9-11(3)7-8-19-14/h4-10H,1-3H3,(H,23,24)(H,19,20,21). The van der Waals surface area contributed by atoms with Gasteiger partial charge in [-0.3, -0.25) is 0 Å². The quantitative estimate of drug-likeness (QED) is 0.702. The number of carboxylic acid groups (broad SMARTS) is 1. The molecule has 2 N–H and O–H groups in total. The summed E-state index contributed by atoms with van der Waals surface area (Å²) in [7, 11) is 0. The van der Waals surface area contributed by atoms with Crippen LogP contribution in [-0.2, 0) is 0 Å². The number of hydrogen-bond acceptors (Lipinski definition) is 6. The number of carboxylic acids is 1. The van der Waals surface area contributed by atoms with E-state index in [2.05, 4.69) is 20.3 Å². The molecule has 6 nitrogen and oxygen atoms in total. The summed E-state index contributed by atoms with van der Waals surface area (Å²) in [5.41, 5.74) is 1.72. The fraction of sp³-hybridized carbons (Fsp3) is 0.222. The number of nitrogens with one attached hydrogen (secondary N) is 1. The van der Waals surface area contributed by atoms with Gasteiger partial charge in [-0.05, 0) is 36.8 Å². The van der Waals surface area contributed by atoms with E-state index in [1.807, 2.05) is 45.0 Å². The van der Waals surface area contributed by atoms with Crippen molar-refractivity contribution in [1.82, 2.24) is 15.0 Å². The molecule has 3 heterocycles. The number of carbonyl (C=O) groups is 1. The molecule has 0 bridgehead atoms. The Morgan fingerprint density at radius 3 is 2.68 bits per heavy atom. The fourth-order valence-corrected chi connectivity index (χ4v) is 3.30. The van der Waals surface area contributed by atoms with Crippen LogP contribution in [0, 0.1) is 6.92 Å². The Bertz CT molecular complexity index is 921. The molecule has 0 fully saturated rings. The number of rotatable bonds is 5. The maximum atomic E-state index is 11.5. The maximum absolute atomic E-state index is 11.5. The molecule has 0 amide bonds. The van der Waals surface area contributed by atoms with Gasteiger partial charge in [0.25, 0.3) is 0 Å². The second kappa shape index (κ2) is 6.98. The highest BCUT2D eigenvalue weighted by Gasteiger charge is 2.21. The van der Waals surface area contributed by atoms with Gasteiger partial charge in [-0.2, -0.15) is 0 Å². The molecule has 0 aromatic carbocycles. The molecule has 0 atom stereocenters. The lowest BCUT2D eigenvalue weighted by Crippen LogP contribution is -2.01. The van der Waals surface area contributed by atoms with Crippen molar-refractivity contribution in [2.45, 2.75) is 26.7 Å². The van der Waals surface area contributed by atoms with Crippen molar-refractivity contribution in [3.8, 4) is 10.6 Å². The molecule has 3 rings (SSSR count). The highest BCUT2D eigenvalue weighted by Crippen LogP contribution is 2.33. The summed E-state index contributed by atoms with van der Waals surface area (Å²) in [4.78, 5) is 25.2. The van der Waals surface area contributed by atoms with Crippen LogP contribution in [0.4, 0.5) is 11.6 Å². The lowest BCUT2D eigenvalue weighted by Gasteiger charge is -2.07. The molecule has 0 aliphatic heterocycles. The summed E-state index contributed by atoms with van der Waals surface area (Å²) in [5, 5.41) is 13.4. The predicted octanol–water partition coefficient (Wildman–Crippen LogP) is 4.47. The van der Waals surface area contributed by atoms with Gasteiger partial charge in [0.15, 0.2) is 5.69 Å². The van der Waals surface area contributed by atoms with Gasteiger partial charge in [-0.15, -0.1) is 11.3 Å². The largest absolute Gasteiger partial charge is 0.476 e. The number of aryl methyl sites for hydroxylation is 1. The average molecular weight is 354 g/mol. The van der Waals surface area contributed by atoms with Crippen LogP contribution in [0.2, 0.25) is 0 Å². The van der Waals surface area contributed by atoms with Gasteiger partial charge in [0.05, 0.1) is 15.6 Å². The van der Waals surface area contributed by atoms with Gasteiger partial charge >= 0.3 is 5.97 Å². The van der Waals surface area contributed by atoms with Crippen LogP contribution in [0.3, 0.4) is 0 Å². The number of hydrogen-bond donors (Lipinski definition) is 2. The van der Waals surface area contributed by atoms with Crippen LogP contribution < -0.4 is 5.32 Å². The molecule has 7 heteroatoms. The van der Waals surface area contributed by atoms with Crippen molar-refractivity contribution in [1.29, 1.82) is 0 Å². The van der Waals surface area contributed by atoms with Crippen LogP contribution in [0.25, 0.3) is 10.6 Å². The molecule has 3 aromatic heterocycles. The van der Waals surface area contributed by atoms with E-state index in [1.165, 1.54) is 11.3 Å². The molecule has 0 spiro atoms. The predicted molar refractivity (Wildman–Crippen MR) is 98.7 cm³/mol. The lowest BCUT2D eigenvalue weighted by atomic mass is 10.2. The third-order valence-electron chi connectivity index (χ3n) is 3.49. The van der Waals surface area contributed by atoms with Crippen molar-refractivity contribution in [3.63, 3.8) is 0 Å². The normalized spacial score (nSPS) is 10.9. The summed E-state index contributed by atoms with van der Waals surface area (Å²) >= 11 is 1.37. The Morgan fingerprint density at radius 2 is 2.00 bits per heavy atom. The Kier molecular flexibility index (Phi) is 4.76. The van der Waals surface area contributed by atoms with E-state index in [1.54, 1.807) is 12.3 Å². The second-order valence-electron chi connectivity index (χ2n) is 5.94. The first-order valence-electron chi connectivity index (χ1n) is 7.85. The van der Waals surface area contributed by atoms with Gasteiger partial charge in [0, 0.05) is 12.1 Å². The van der Waals surface area contributed by atoms with Gasteiger partial charge in [0.2, 0.25) is 0 Å². The molecule has 3 aromatic rings. The van der Waals surface area contributed by atoms with Crippen molar-refractivity contribution in [2.24, 2.45) is 0 Å². The number of aromatic nitrogens is 3. The zero-order chi connectivity index (χ0) is 18.0. The summed E-state index contributed by atoms with van der Waals surface area (Å²) < 4.78 is 0. The van der Waals surface area contributed by atoms with E-state index in [0.29, 0.717) is 22.2 Å². The monoisotopic (exact) mass is 354 g/mol. The summed E-state index contributed by atoms with van der Waals surface area (Å²) in [6.45, 7) is 5.97. The third kappa shape index (κ3) is 3.83. The van der Waals surface area contributed by atoms with Crippen LogP contribution in [0.1, 0.15) is 40.8 Å². The van der Waals surface area contributed by atoms with Crippen LogP contribution >= 0.6 is 11.3 Å². The zero-order valence-electron chi connectivity index (χ0n) is 14.1. The molecule has 0 saturated heterocycles. The van der Waals surface area contributed by atoms with Crippen molar-refractivity contribution >= 4 is 28.9 Å². The molecule has 0 saturated carbocycles. The third-order valence-corrected chi connectivity index (χ3v) is 4.87. The van der Waals surface area contributed by atoms with Crippen LogP contribution in [-0.4, -0.2) is 26.0 Å². The molecular formula is C18H18N4O2S. The summed E-state index contributed by atoms with van der Waals surface area (Å²) in [6, 6.07) is 9.28. The number of anilines is 2. The summed E-state index contributed by atoms with van der Waals surface area (Å²) in [6.07, 6.45) is 1.72. The Morgan fingerprint density at radius 1 is 1.20 bits per heavy atom. The first-order chi connectivity index (χ1) is 11.9. The van der Waals surface area contributed by atoms with Gasteiger partial charge < -0.3 is 10.4 Å². The average Bonchev–Trinajstić information content (AvgIpc) is 3.01. The molecule has 128 valence electrons. The topological polar surface area (TPSA) is 88.0 Å². The van der Waals surface area contributed by atoms with Gasteiger partial charge in [-0.25, -0.2) is 19.7 Å². The Hall–Kier alpha value is -2.80. The van der Waals surface area contributed by atoms with Gasteiger partial charge in [0.1, 0.15) is 11.6 Å². The fourth-order valence-electron chi connectivity index (χ4n) is 2.27. The molecule has 0 radical (unpaired) electrons. The minimum atomic E-state index is -1.04. The number of thiazole rings is 1. The highest BCUT2D eigenvalue weighted by molar-refractivity contribution is 7.15. The van der Waals surface area contributed by atoms with Crippen molar-refractivity contribution < 1.29 is 9.90 Å². The van der Waals surface area contributed by atoms with E-state index in [4.69, 9.17) is 0 Å². The zero-order valence-corrected chi connectivity index (χ0v) is 15.0. The van der Waals surface area contributed by atoms with E-state index >= 15 is 0 Å². The smallest absolute Gasteiger partial charge is 0.356 e. The lowest BCUT2D eigenvalue weighted by molar-refractivity contribution is 0.0692. The molecule has 0 unspecified atom stereocenters.